The summed E-state index contributed by atoms with van der Waals surface area (Å²) in [5.41, 5.74) is 2.69. The van der Waals surface area contributed by atoms with Gasteiger partial charge in [-0.15, -0.1) is 0 Å². The molecule has 2 aromatic carbocycles. The van der Waals surface area contributed by atoms with Gasteiger partial charge in [-0.2, -0.15) is 13.2 Å². The third-order valence-electron chi connectivity index (χ3n) is 2.73. The summed E-state index contributed by atoms with van der Waals surface area (Å²) in [5, 5.41) is 0. The molecule has 0 saturated heterocycles. The van der Waals surface area contributed by atoms with Gasteiger partial charge < -0.3 is 0 Å². The molecule has 0 aliphatic heterocycles. The number of hydrogen-bond acceptors (Lipinski definition) is 0. The number of aryl methyl sites for hydroxylation is 1. The first kappa shape index (κ1) is 12.7. The SMILES string of the molecule is FC(F)(F)CCc1cccc(-c2ccccc2)c1. The van der Waals surface area contributed by atoms with Gasteiger partial charge in [0.25, 0.3) is 0 Å². The van der Waals surface area contributed by atoms with Gasteiger partial charge in [-0.3, -0.25) is 0 Å². The van der Waals surface area contributed by atoms with Crippen LogP contribution < -0.4 is 0 Å². The van der Waals surface area contributed by atoms with Crippen molar-refractivity contribution < 1.29 is 13.2 Å². The predicted molar refractivity (Wildman–Crippen MR) is 66.3 cm³/mol. The third kappa shape index (κ3) is 3.62. The lowest BCUT2D eigenvalue weighted by Crippen LogP contribution is -2.08. The lowest BCUT2D eigenvalue weighted by Gasteiger charge is -2.08. The molecule has 0 atom stereocenters. The molecule has 0 N–H and O–H groups in total. The van der Waals surface area contributed by atoms with Crippen molar-refractivity contribution >= 4 is 0 Å². The lowest BCUT2D eigenvalue weighted by atomic mass is 10.0. The number of rotatable bonds is 3. The van der Waals surface area contributed by atoms with Crippen molar-refractivity contribution in [1.29, 1.82) is 0 Å². The number of alkyl halides is 3. The molecule has 0 spiro atoms. The molecule has 0 aliphatic carbocycles. The summed E-state index contributed by atoms with van der Waals surface area (Å²) in [6, 6.07) is 16.9. The van der Waals surface area contributed by atoms with Crippen LogP contribution in [0.3, 0.4) is 0 Å². The fourth-order valence-corrected chi connectivity index (χ4v) is 1.82. The van der Waals surface area contributed by atoms with Gasteiger partial charge >= 0.3 is 6.18 Å². The smallest absolute Gasteiger partial charge is 0.171 e. The van der Waals surface area contributed by atoms with Crippen molar-refractivity contribution in [3.8, 4) is 11.1 Å². The summed E-state index contributed by atoms with van der Waals surface area (Å²) in [6.45, 7) is 0. The highest BCUT2D eigenvalue weighted by atomic mass is 19.4. The normalized spacial score (nSPS) is 11.5. The largest absolute Gasteiger partial charge is 0.389 e. The Morgan fingerprint density at radius 1 is 0.778 bits per heavy atom. The molecule has 2 aromatic rings. The Morgan fingerprint density at radius 3 is 2.11 bits per heavy atom. The van der Waals surface area contributed by atoms with Crippen LogP contribution in [0.25, 0.3) is 11.1 Å². The molecule has 0 amide bonds. The second-order valence-corrected chi connectivity index (χ2v) is 4.18. The molecule has 0 aromatic heterocycles. The highest BCUT2D eigenvalue weighted by Gasteiger charge is 2.26. The lowest BCUT2D eigenvalue weighted by molar-refractivity contribution is -0.133. The van der Waals surface area contributed by atoms with E-state index >= 15 is 0 Å². The molecule has 0 saturated carbocycles. The molecule has 94 valence electrons. The van der Waals surface area contributed by atoms with Crippen LogP contribution in [-0.4, -0.2) is 6.18 Å². The van der Waals surface area contributed by atoms with Crippen molar-refractivity contribution in [2.24, 2.45) is 0 Å². The van der Waals surface area contributed by atoms with E-state index in [0.717, 1.165) is 11.1 Å². The summed E-state index contributed by atoms with van der Waals surface area (Å²) in [4.78, 5) is 0. The highest BCUT2D eigenvalue weighted by molar-refractivity contribution is 5.63. The van der Waals surface area contributed by atoms with Gasteiger partial charge in [-0.1, -0.05) is 54.6 Å². The molecule has 0 bridgehead atoms. The fourth-order valence-electron chi connectivity index (χ4n) is 1.82. The molecule has 0 heterocycles. The summed E-state index contributed by atoms with van der Waals surface area (Å²) >= 11 is 0. The van der Waals surface area contributed by atoms with E-state index in [2.05, 4.69) is 0 Å². The van der Waals surface area contributed by atoms with Gasteiger partial charge in [0.2, 0.25) is 0 Å². The van der Waals surface area contributed by atoms with Crippen molar-refractivity contribution in [2.75, 3.05) is 0 Å². The molecule has 0 aliphatic rings. The van der Waals surface area contributed by atoms with Gasteiger partial charge in [-0.25, -0.2) is 0 Å². The Labute approximate surface area is 104 Å². The maximum absolute atomic E-state index is 12.2. The Kier molecular flexibility index (Phi) is 3.70. The molecule has 0 radical (unpaired) electrons. The minimum Gasteiger partial charge on any atom is -0.171 e. The standard InChI is InChI=1S/C15H13F3/c16-15(17,18)10-9-12-5-4-8-14(11-12)13-6-2-1-3-7-13/h1-8,11H,9-10H2. The second kappa shape index (κ2) is 5.25. The van der Waals surface area contributed by atoms with E-state index in [1.54, 1.807) is 12.1 Å². The van der Waals surface area contributed by atoms with Gasteiger partial charge in [0.05, 0.1) is 0 Å². The van der Waals surface area contributed by atoms with E-state index in [4.69, 9.17) is 0 Å². The summed E-state index contributed by atoms with van der Waals surface area (Å²) in [5.74, 6) is 0. The zero-order valence-electron chi connectivity index (χ0n) is 9.74. The van der Waals surface area contributed by atoms with Gasteiger partial charge in [0.1, 0.15) is 0 Å². The van der Waals surface area contributed by atoms with Gasteiger partial charge in [0, 0.05) is 6.42 Å². The van der Waals surface area contributed by atoms with E-state index in [9.17, 15) is 13.2 Å². The van der Waals surface area contributed by atoms with Gasteiger partial charge in [0.15, 0.2) is 0 Å². The highest BCUT2D eigenvalue weighted by Crippen LogP contribution is 2.24. The first-order valence-electron chi connectivity index (χ1n) is 5.76. The van der Waals surface area contributed by atoms with Crippen LogP contribution in [0.2, 0.25) is 0 Å². The van der Waals surface area contributed by atoms with Crippen LogP contribution in [0.5, 0.6) is 0 Å². The third-order valence-corrected chi connectivity index (χ3v) is 2.73. The number of halogens is 3. The monoisotopic (exact) mass is 250 g/mol. The van der Waals surface area contributed by atoms with E-state index in [1.165, 1.54) is 0 Å². The zero-order chi connectivity index (χ0) is 13.0. The minimum absolute atomic E-state index is 0.0319. The Hall–Kier alpha value is -1.77. The van der Waals surface area contributed by atoms with E-state index in [0.29, 0.717) is 5.56 Å². The molecular weight excluding hydrogens is 237 g/mol. The Balaban J connectivity index is 2.16. The molecular formula is C15H13F3. The maximum Gasteiger partial charge on any atom is 0.389 e. The van der Waals surface area contributed by atoms with Crippen LogP contribution in [0.4, 0.5) is 13.2 Å². The molecule has 0 unspecified atom stereocenters. The summed E-state index contributed by atoms with van der Waals surface area (Å²) in [6.07, 6.45) is -4.84. The average molecular weight is 250 g/mol. The molecule has 3 heteroatoms. The number of hydrogen-bond donors (Lipinski definition) is 0. The Bertz CT molecular complexity index is 501. The van der Waals surface area contributed by atoms with Crippen molar-refractivity contribution in [3.63, 3.8) is 0 Å². The van der Waals surface area contributed by atoms with E-state index in [-0.39, 0.29) is 6.42 Å². The molecule has 18 heavy (non-hydrogen) atoms. The second-order valence-electron chi connectivity index (χ2n) is 4.18. The van der Waals surface area contributed by atoms with Crippen LogP contribution in [0.15, 0.2) is 54.6 Å². The van der Waals surface area contributed by atoms with Crippen LogP contribution in [-0.2, 0) is 6.42 Å². The predicted octanol–water partition coefficient (Wildman–Crippen LogP) is 4.85. The van der Waals surface area contributed by atoms with E-state index < -0.39 is 12.6 Å². The molecule has 0 fully saturated rings. The maximum atomic E-state index is 12.2. The first-order valence-corrected chi connectivity index (χ1v) is 5.76. The molecule has 2 rings (SSSR count). The fraction of sp³-hybridized carbons (Fsp3) is 0.200. The minimum atomic E-state index is -4.09. The van der Waals surface area contributed by atoms with Crippen LogP contribution in [0.1, 0.15) is 12.0 Å². The molecule has 0 nitrogen and oxygen atoms in total. The van der Waals surface area contributed by atoms with Crippen LogP contribution >= 0.6 is 0 Å². The topological polar surface area (TPSA) is 0 Å². The van der Waals surface area contributed by atoms with Gasteiger partial charge in [-0.05, 0) is 23.1 Å². The van der Waals surface area contributed by atoms with Crippen LogP contribution in [0, 0.1) is 0 Å². The van der Waals surface area contributed by atoms with E-state index in [1.807, 2.05) is 42.5 Å². The average Bonchev–Trinajstić information content (AvgIpc) is 2.37. The number of benzene rings is 2. The van der Waals surface area contributed by atoms with Crippen molar-refractivity contribution in [1.82, 2.24) is 0 Å². The Morgan fingerprint density at radius 2 is 1.44 bits per heavy atom. The summed E-state index contributed by atoms with van der Waals surface area (Å²) in [7, 11) is 0. The van der Waals surface area contributed by atoms with Crippen molar-refractivity contribution in [2.45, 2.75) is 19.0 Å². The first-order chi connectivity index (χ1) is 8.54. The zero-order valence-corrected chi connectivity index (χ0v) is 9.74. The van der Waals surface area contributed by atoms with Crippen molar-refractivity contribution in [3.05, 3.63) is 60.2 Å². The quantitative estimate of drug-likeness (QED) is 0.730. The summed E-state index contributed by atoms with van der Waals surface area (Å²) < 4.78 is 36.5.